The predicted molar refractivity (Wildman–Crippen MR) is 206 cm³/mol. The first-order chi connectivity index (χ1) is 23.4. The summed E-state index contributed by atoms with van der Waals surface area (Å²) >= 11 is 1.51. The van der Waals surface area contributed by atoms with Crippen LogP contribution >= 0.6 is 11.3 Å². The Balaban J connectivity index is 1.42. The van der Waals surface area contributed by atoms with Crippen LogP contribution in [-0.4, -0.2) is 62.4 Å². The second-order valence-corrected chi connectivity index (χ2v) is 17.0. The molecular formula is C41H55N5O2S. The average Bonchev–Trinajstić information content (AvgIpc) is 3.64. The molecule has 1 aliphatic rings. The van der Waals surface area contributed by atoms with Gasteiger partial charge in [-0.15, -0.1) is 11.3 Å². The van der Waals surface area contributed by atoms with E-state index in [0.29, 0.717) is 27.9 Å². The number of likely N-dealkylation sites (tertiary alicyclic amines) is 1. The summed E-state index contributed by atoms with van der Waals surface area (Å²) in [6.45, 7) is 21.1. The van der Waals surface area contributed by atoms with E-state index in [2.05, 4.69) is 88.3 Å². The van der Waals surface area contributed by atoms with Crippen LogP contribution in [0.4, 0.5) is 0 Å². The van der Waals surface area contributed by atoms with Gasteiger partial charge in [-0.3, -0.25) is 9.59 Å². The number of piperidine rings is 1. The number of hydrogen-bond donors (Lipinski definition) is 0. The lowest BCUT2D eigenvalue weighted by Crippen LogP contribution is -2.34. The van der Waals surface area contributed by atoms with Gasteiger partial charge in [0.1, 0.15) is 4.70 Å². The van der Waals surface area contributed by atoms with E-state index in [1.54, 1.807) is 4.40 Å². The summed E-state index contributed by atoms with van der Waals surface area (Å²) in [5.41, 5.74) is 5.54. The lowest BCUT2D eigenvalue weighted by atomic mass is 9.86. The summed E-state index contributed by atoms with van der Waals surface area (Å²) in [7, 11) is 0. The fraction of sp³-hybridized carbons (Fsp3) is 0.537. The van der Waals surface area contributed by atoms with E-state index in [1.165, 1.54) is 36.2 Å². The van der Waals surface area contributed by atoms with E-state index >= 15 is 0 Å². The molecule has 262 valence electrons. The summed E-state index contributed by atoms with van der Waals surface area (Å²) in [4.78, 5) is 39.2. The molecule has 49 heavy (non-hydrogen) atoms. The van der Waals surface area contributed by atoms with Gasteiger partial charge in [0, 0.05) is 30.1 Å². The van der Waals surface area contributed by atoms with Gasteiger partial charge in [0.15, 0.2) is 0 Å². The number of benzene rings is 2. The van der Waals surface area contributed by atoms with Crippen LogP contribution in [0.15, 0.2) is 53.3 Å². The van der Waals surface area contributed by atoms with Crippen LogP contribution in [0, 0.1) is 11.8 Å². The second kappa shape index (κ2) is 14.8. The highest BCUT2D eigenvalue weighted by Gasteiger charge is 2.23. The maximum Gasteiger partial charge on any atom is 0.277 e. The zero-order valence-electron chi connectivity index (χ0n) is 30.7. The summed E-state index contributed by atoms with van der Waals surface area (Å²) in [5, 5.41) is 0. The Kier molecular flexibility index (Phi) is 10.7. The third-order valence-electron chi connectivity index (χ3n) is 10.1. The van der Waals surface area contributed by atoms with Gasteiger partial charge >= 0.3 is 0 Å². The number of carbonyl (C=O) groups excluding carboxylic acids is 1. The van der Waals surface area contributed by atoms with Gasteiger partial charge in [-0.25, -0.2) is 9.38 Å². The lowest BCUT2D eigenvalue weighted by molar-refractivity contribution is 0.0741. The molecule has 7 nitrogen and oxygen atoms in total. The van der Waals surface area contributed by atoms with Crippen molar-refractivity contribution in [3.8, 4) is 10.4 Å². The molecule has 1 saturated heterocycles. The van der Waals surface area contributed by atoms with Gasteiger partial charge in [-0.1, -0.05) is 79.2 Å². The molecule has 0 N–H and O–H groups in total. The van der Waals surface area contributed by atoms with Gasteiger partial charge < -0.3 is 14.4 Å². The van der Waals surface area contributed by atoms with E-state index < -0.39 is 0 Å². The Morgan fingerprint density at radius 2 is 1.55 bits per heavy atom. The number of nitrogens with zero attached hydrogens (tertiary/aromatic N) is 5. The molecule has 1 fully saturated rings. The van der Waals surface area contributed by atoms with E-state index in [9.17, 15) is 9.59 Å². The highest BCUT2D eigenvalue weighted by atomic mass is 32.1. The molecule has 0 aliphatic carbocycles. The molecule has 2 aromatic carbocycles. The Bertz CT molecular complexity index is 1960. The number of imidazole rings is 1. The summed E-state index contributed by atoms with van der Waals surface area (Å²) < 4.78 is 4.64. The van der Waals surface area contributed by atoms with Crippen molar-refractivity contribution in [2.45, 2.75) is 99.0 Å². The highest BCUT2D eigenvalue weighted by molar-refractivity contribution is 7.22. The number of hydrogen-bond acceptors (Lipinski definition) is 5. The number of fused-ring (bicyclic) bond motifs is 4. The first kappa shape index (κ1) is 35.3. The second-order valence-electron chi connectivity index (χ2n) is 16.0. The van der Waals surface area contributed by atoms with Gasteiger partial charge in [-0.05, 0) is 104 Å². The van der Waals surface area contributed by atoms with Crippen LogP contribution in [0.3, 0.4) is 0 Å². The molecule has 1 aliphatic heterocycles. The van der Waals surface area contributed by atoms with Crippen molar-refractivity contribution in [3.63, 3.8) is 0 Å². The molecular weight excluding hydrogens is 627 g/mol. The summed E-state index contributed by atoms with van der Waals surface area (Å²) in [6, 6.07) is 16.6. The quantitative estimate of drug-likeness (QED) is 0.132. The van der Waals surface area contributed by atoms with E-state index in [0.717, 1.165) is 85.5 Å². The molecule has 0 spiro atoms. The van der Waals surface area contributed by atoms with Crippen LogP contribution in [0.25, 0.3) is 37.5 Å². The number of aromatic nitrogens is 3. The molecule has 0 unspecified atom stereocenters. The van der Waals surface area contributed by atoms with E-state index in [4.69, 9.17) is 4.98 Å². The van der Waals surface area contributed by atoms with Crippen molar-refractivity contribution in [3.05, 3.63) is 70.0 Å². The lowest BCUT2D eigenvalue weighted by Gasteiger charge is -2.26. The number of rotatable bonds is 12. The third kappa shape index (κ3) is 7.81. The van der Waals surface area contributed by atoms with Crippen LogP contribution in [0.1, 0.15) is 103 Å². The van der Waals surface area contributed by atoms with Gasteiger partial charge in [-0.2, -0.15) is 0 Å². The summed E-state index contributed by atoms with van der Waals surface area (Å²) in [5.74, 6) is 1.76. The van der Waals surface area contributed by atoms with Gasteiger partial charge in [0.25, 0.3) is 11.5 Å². The smallest absolute Gasteiger partial charge is 0.277 e. The van der Waals surface area contributed by atoms with Crippen LogP contribution < -0.4 is 5.56 Å². The van der Waals surface area contributed by atoms with Gasteiger partial charge in [0.05, 0.1) is 16.6 Å². The standard InChI is InChI=1S/C41H55N5O2S/c1-28(2)18-24-44(25-19-29(3)4)38(47)31-14-17-34-35(26-31)45(23-11-22-43-20-9-8-10-21-43)40-42-33-27-36(49-37(33)39(48)46(34)40)30-12-15-32(16-13-30)41(5,6)7/h12-17,26-29H,8-11,18-25H2,1-7H3. The molecule has 0 saturated carbocycles. The number of aryl methyl sites for hydroxylation is 1. The third-order valence-corrected chi connectivity index (χ3v) is 11.3. The molecule has 5 aromatic rings. The molecule has 4 heterocycles. The molecule has 0 radical (unpaired) electrons. The zero-order chi connectivity index (χ0) is 34.9. The van der Waals surface area contributed by atoms with Crippen LogP contribution in [0.5, 0.6) is 0 Å². The van der Waals surface area contributed by atoms with Crippen molar-refractivity contribution in [2.75, 3.05) is 32.7 Å². The topological polar surface area (TPSA) is 62.9 Å². The minimum Gasteiger partial charge on any atom is -0.339 e. The molecule has 8 heteroatoms. The van der Waals surface area contributed by atoms with E-state index in [1.807, 2.05) is 23.1 Å². The Labute approximate surface area is 295 Å². The molecule has 3 aromatic heterocycles. The minimum atomic E-state index is -0.0445. The summed E-state index contributed by atoms with van der Waals surface area (Å²) in [6.07, 6.45) is 6.75. The number of amides is 1. The number of thiophene rings is 1. The molecule has 6 rings (SSSR count). The van der Waals surface area contributed by atoms with Crippen LogP contribution in [0.2, 0.25) is 0 Å². The van der Waals surface area contributed by atoms with Crippen LogP contribution in [-0.2, 0) is 12.0 Å². The molecule has 1 amide bonds. The van der Waals surface area contributed by atoms with Crippen molar-refractivity contribution in [1.29, 1.82) is 0 Å². The van der Waals surface area contributed by atoms with Gasteiger partial charge in [0.2, 0.25) is 5.78 Å². The normalized spacial score (nSPS) is 14.6. The monoisotopic (exact) mass is 681 g/mol. The Morgan fingerprint density at radius 1 is 0.878 bits per heavy atom. The largest absolute Gasteiger partial charge is 0.339 e. The maximum absolute atomic E-state index is 14.3. The minimum absolute atomic E-state index is 0.0445. The predicted octanol–water partition coefficient (Wildman–Crippen LogP) is 9.24. The fourth-order valence-electron chi connectivity index (χ4n) is 6.99. The highest BCUT2D eigenvalue weighted by Crippen LogP contribution is 2.34. The van der Waals surface area contributed by atoms with E-state index in [-0.39, 0.29) is 16.9 Å². The van der Waals surface area contributed by atoms with Crippen molar-refractivity contribution in [2.24, 2.45) is 11.8 Å². The van der Waals surface area contributed by atoms with Crippen molar-refractivity contribution >= 4 is 44.3 Å². The van der Waals surface area contributed by atoms with Crippen molar-refractivity contribution < 1.29 is 4.79 Å². The van der Waals surface area contributed by atoms with Crippen molar-refractivity contribution in [1.82, 2.24) is 23.8 Å². The first-order valence-electron chi connectivity index (χ1n) is 18.5. The number of carbonyl (C=O) groups is 1. The molecule has 0 atom stereocenters. The SMILES string of the molecule is CC(C)CCN(CCC(C)C)C(=O)c1ccc2c(c1)n(CCCN1CCCCC1)c1nc3cc(-c4ccc(C(C)(C)C)cc4)sc3c(=O)n21. The maximum atomic E-state index is 14.3. The Morgan fingerprint density at radius 3 is 2.18 bits per heavy atom. The average molecular weight is 682 g/mol. The first-order valence-corrected chi connectivity index (χ1v) is 19.3. The fourth-order valence-corrected chi connectivity index (χ4v) is 8.03. The Hall–Kier alpha value is -3.49. The molecule has 0 bridgehead atoms. The zero-order valence-corrected chi connectivity index (χ0v) is 31.5.